The van der Waals surface area contributed by atoms with Crippen LogP contribution in [0.25, 0.3) is 0 Å². The molecule has 1 aromatic heterocycles. The van der Waals surface area contributed by atoms with Crippen LogP contribution in [0.15, 0.2) is 16.7 Å². The van der Waals surface area contributed by atoms with E-state index in [4.69, 9.17) is 11.6 Å². The number of carbonyl (C=O) groups is 1. The molecule has 1 heterocycles. The van der Waals surface area contributed by atoms with Crippen molar-refractivity contribution in [1.82, 2.24) is 10.3 Å². The first-order chi connectivity index (χ1) is 9.08. The van der Waals surface area contributed by atoms with Crippen molar-refractivity contribution in [2.24, 2.45) is 11.8 Å². The second-order valence-electron chi connectivity index (χ2n) is 5.22. The molecule has 0 saturated heterocycles. The quantitative estimate of drug-likeness (QED) is 0.840. The highest BCUT2D eigenvalue weighted by molar-refractivity contribution is 9.10. The van der Waals surface area contributed by atoms with Crippen LogP contribution in [0, 0.1) is 11.8 Å². The third-order valence-electron chi connectivity index (χ3n) is 3.86. The van der Waals surface area contributed by atoms with Gasteiger partial charge in [-0.25, -0.2) is 4.98 Å². The molecule has 5 heteroatoms. The monoisotopic (exact) mass is 344 g/mol. The standard InChI is InChI=1S/C14H18BrClN2O/c1-9-4-2-3-5-10(9)7-18-14(19)12-6-11(15)8-17-13(12)16/h6,8-10H,2-5,7H2,1H3,(H,18,19). The first kappa shape index (κ1) is 14.8. The zero-order valence-electron chi connectivity index (χ0n) is 11.0. The van der Waals surface area contributed by atoms with Crippen LogP contribution in [0.2, 0.25) is 5.15 Å². The van der Waals surface area contributed by atoms with Crippen LogP contribution in [0.5, 0.6) is 0 Å². The number of amides is 1. The fourth-order valence-electron chi connectivity index (χ4n) is 2.60. The van der Waals surface area contributed by atoms with E-state index in [1.807, 2.05) is 0 Å². The molecule has 2 atom stereocenters. The summed E-state index contributed by atoms with van der Waals surface area (Å²) >= 11 is 9.25. The Morgan fingerprint density at radius 1 is 1.53 bits per heavy atom. The van der Waals surface area contributed by atoms with Gasteiger partial charge in [0.15, 0.2) is 0 Å². The highest BCUT2D eigenvalue weighted by atomic mass is 79.9. The number of carbonyl (C=O) groups excluding carboxylic acids is 1. The molecule has 1 aromatic rings. The summed E-state index contributed by atoms with van der Waals surface area (Å²) in [5.41, 5.74) is 0.430. The number of nitrogens with one attached hydrogen (secondary N) is 1. The van der Waals surface area contributed by atoms with E-state index in [2.05, 4.69) is 33.2 Å². The van der Waals surface area contributed by atoms with E-state index < -0.39 is 0 Å². The van der Waals surface area contributed by atoms with Gasteiger partial charge in [0, 0.05) is 17.2 Å². The second kappa shape index (κ2) is 6.71. The Kier molecular flexibility index (Phi) is 5.22. The minimum Gasteiger partial charge on any atom is -0.352 e. The molecule has 2 unspecified atom stereocenters. The van der Waals surface area contributed by atoms with Crippen molar-refractivity contribution >= 4 is 33.4 Å². The van der Waals surface area contributed by atoms with Gasteiger partial charge in [-0.2, -0.15) is 0 Å². The maximum Gasteiger partial charge on any atom is 0.254 e. The van der Waals surface area contributed by atoms with E-state index in [1.54, 1.807) is 12.3 Å². The van der Waals surface area contributed by atoms with Crippen LogP contribution < -0.4 is 5.32 Å². The van der Waals surface area contributed by atoms with Gasteiger partial charge in [-0.3, -0.25) is 4.79 Å². The van der Waals surface area contributed by atoms with Crippen LogP contribution in [-0.2, 0) is 0 Å². The lowest BCUT2D eigenvalue weighted by atomic mass is 9.80. The topological polar surface area (TPSA) is 42.0 Å². The molecule has 1 N–H and O–H groups in total. The molecule has 104 valence electrons. The first-order valence-corrected chi connectivity index (χ1v) is 7.84. The summed E-state index contributed by atoms with van der Waals surface area (Å²) in [6, 6.07) is 1.70. The van der Waals surface area contributed by atoms with Crippen LogP contribution in [-0.4, -0.2) is 17.4 Å². The van der Waals surface area contributed by atoms with Crippen molar-refractivity contribution < 1.29 is 4.79 Å². The fourth-order valence-corrected chi connectivity index (χ4v) is 3.12. The molecule has 1 saturated carbocycles. The molecular formula is C14H18BrClN2O. The molecular weight excluding hydrogens is 328 g/mol. The minimum absolute atomic E-state index is 0.142. The largest absolute Gasteiger partial charge is 0.352 e. The molecule has 2 rings (SSSR count). The van der Waals surface area contributed by atoms with Crippen molar-refractivity contribution in [3.05, 3.63) is 27.5 Å². The molecule has 0 spiro atoms. The van der Waals surface area contributed by atoms with Gasteiger partial charge in [0.1, 0.15) is 5.15 Å². The smallest absolute Gasteiger partial charge is 0.254 e. The molecule has 0 aromatic carbocycles. The third kappa shape index (κ3) is 3.93. The van der Waals surface area contributed by atoms with E-state index >= 15 is 0 Å². The minimum atomic E-state index is -0.142. The number of rotatable bonds is 3. The van der Waals surface area contributed by atoms with Gasteiger partial charge >= 0.3 is 0 Å². The summed E-state index contributed by atoms with van der Waals surface area (Å²) in [6.07, 6.45) is 6.63. The Hall–Kier alpha value is -0.610. The Labute approximate surface area is 127 Å². The van der Waals surface area contributed by atoms with Gasteiger partial charge < -0.3 is 5.32 Å². The van der Waals surface area contributed by atoms with Crippen LogP contribution in [0.3, 0.4) is 0 Å². The zero-order chi connectivity index (χ0) is 13.8. The Balaban J connectivity index is 1.95. The molecule has 0 bridgehead atoms. The van der Waals surface area contributed by atoms with Crippen molar-refractivity contribution in [2.45, 2.75) is 32.6 Å². The molecule has 19 heavy (non-hydrogen) atoms. The van der Waals surface area contributed by atoms with Gasteiger partial charge in [-0.15, -0.1) is 0 Å². The van der Waals surface area contributed by atoms with Crippen molar-refractivity contribution in [3.63, 3.8) is 0 Å². The Bertz CT molecular complexity index is 467. The average Bonchev–Trinajstić information content (AvgIpc) is 2.40. The van der Waals surface area contributed by atoms with E-state index in [9.17, 15) is 4.79 Å². The molecule has 1 amide bonds. The second-order valence-corrected chi connectivity index (χ2v) is 6.50. The molecule has 1 aliphatic carbocycles. The molecule has 0 radical (unpaired) electrons. The summed E-state index contributed by atoms with van der Waals surface area (Å²) in [5, 5.41) is 3.23. The summed E-state index contributed by atoms with van der Waals surface area (Å²) in [5.74, 6) is 1.12. The van der Waals surface area contributed by atoms with Gasteiger partial charge in [-0.05, 0) is 40.3 Å². The first-order valence-electron chi connectivity index (χ1n) is 6.67. The van der Waals surface area contributed by atoms with Crippen LogP contribution in [0.1, 0.15) is 43.0 Å². The van der Waals surface area contributed by atoms with Gasteiger partial charge in [0.05, 0.1) is 5.56 Å². The van der Waals surface area contributed by atoms with Crippen LogP contribution in [0.4, 0.5) is 0 Å². The van der Waals surface area contributed by atoms with Crippen LogP contribution >= 0.6 is 27.5 Å². The van der Waals surface area contributed by atoms with Gasteiger partial charge in [0.25, 0.3) is 5.91 Å². The highest BCUT2D eigenvalue weighted by Gasteiger charge is 2.22. The number of hydrogen-bond donors (Lipinski definition) is 1. The maximum atomic E-state index is 12.1. The Morgan fingerprint density at radius 3 is 3.00 bits per heavy atom. The maximum absolute atomic E-state index is 12.1. The fraction of sp³-hybridized carbons (Fsp3) is 0.571. The average molecular weight is 346 g/mol. The summed E-state index contributed by atoms with van der Waals surface area (Å²) in [7, 11) is 0. The summed E-state index contributed by atoms with van der Waals surface area (Å²) in [6.45, 7) is 2.99. The number of pyridine rings is 1. The lowest BCUT2D eigenvalue weighted by molar-refractivity contribution is 0.0936. The SMILES string of the molecule is CC1CCCCC1CNC(=O)c1cc(Br)cnc1Cl. The van der Waals surface area contributed by atoms with E-state index in [0.717, 1.165) is 11.0 Å². The lowest BCUT2D eigenvalue weighted by Crippen LogP contribution is -2.33. The number of nitrogens with zero attached hydrogens (tertiary/aromatic N) is 1. The predicted molar refractivity (Wildman–Crippen MR) is 80.4 cm³/mol. The number of hydrogen-bond acceptors (Lipinski definition) is 2. The molecule has 1 fully saturated rings. The Morgan fingerprint density at radius 2 is 2.26 bits per heavy atom. The normalized spacial score (nSPS) is 23.1. The van der Waals surface area contributed by atoms with Gasteiger partial charge in [-0.1, -0.05) is 37.8 Å². The van der Waals surface area contributed by atoms with Gasteiger partial charge in [0.2, 0.25) is 0 Å². The van der Waals surface area contributed by atoms with E-state index in [-0.39, 0.29) is 11.1 Å². The van der Waals surface area contributed by atoms with Crippen molar-refractivity contribution in [3.8, 4) is 0 Å². The molecule has 1 aliphatic rings. The van der Waals surface area contributed by atoms with E-state index in [0.29, 0.717) is 17.4 Å². The number of halogens is 2. The van der Waals surface area contributed by atoms with Crippen molar-refractivity contribution in [1.29, 1.82) is 0 Å². The zero-order valence-corrected chi connectivity index (χ0v) is 13.3. The molecule has 0 aliphatic heterocycles. The third-order valence-corrected chi connectivity index (χ3v) is 4.60. The summed E-state index contributed by atoms with van der Waals surface area (Å²) in [4.78, 5) is 16.1. The lowest BCUT2D eigenvalue weighted by Gasteiger charge is -2.28. The van der Waals surface area contributed by atoms with E-state index in [1.165, 1.54) is 25.7 Å². The van der Waals surface area contributed by atoms with Crippen molar-refractivity contribution in [2.75, 3.05) is 6.54 Å². The summed E-state index contributed by atoms with van der Waals surface area (Å²) < 4.78 is 0.757. The number of aromatic nitrogens is 1. The predicted octanol–water partition coefficient (Wildman–Crippen LogP) is 4.05. The molecule has 3 nitrogen and oxygen atoms in total. The highest BCUT2D eigenvalue weighted by Crippen LogP contribution is 2.29.